The Bertz CT molecular complexity index is 741. The molecule has 0 unspecified atom stereocenters. The molecule has 0 rings (SSSR count). The van der Waals surface area contributed by atoms with Crippen molar-refractivity contribution in [2.24, 2.45) is 0 Å². The molecule has 0 atom stereocenters. The molecule has 4 N–H and O–H groups in total. The van der Waals surface area contributed by atoms with E-state index in [1.54, 1.807) is 0 Å². The van der Waals surface area contributed by atoms with Crippen molar-refractivity contribution in [3.63, 3.8) is 0 Å². The van der Waals surface area contributed by atoms with E-state index in [1.807, 2.05) is 0 Å². The predicted octanol–water partition coefficient (Wildman–Crippen LogP) is 4.43. The Balaban J connectivity index is -0.000000139. The number of alkyl halides is 20. The van der Waals surface area contributed by atoms with Crippen LogP contribution in [0.3, 0.4) is 0 Å². The van der Waals surface area contributed by atoms with Crippen LogP contribution in [0.2, 0.25) is 0 Å². The van der Waals surface area contributed by atoms with E-state index in [1.165, 1.54) is 0 Å². The first-order chi connectivity index (χ1) is 16.8. The van der Waals surface area contributed by atoms with Gasteiger partial charge in [-0.1, -0.05) is 0 Å². The maximum atomic E-state index is 11.3. The molecule has 0 saturated carbocycles. The fraction of sp³-hybridized carbons (Fsp3) is 0.667. The summed E-state index contributed by atoms with van der Waals surface area (Å²) in [4.78, 5) is 36.8. The van der Waals surface area contributed by atoms with E-state index in [9.17, 15) is 107 Å². The van der Waals surface area contributed by atoms with Crippen LogP contribution in [-0.2, 0) is 19.2 Å². The fourth-order valence-corrected chi connectivity index (χ4v) is 0.485. The van der Waals surface area contributed by atoms with Crippen molar-refractivity contribution in [3.05, 3.63) is 0 Å². The van der Waals surface area contributed by atoms with Crippen LogP contribution in [0.15, 0.2) is 0 Å². The van der Waals surface area contributed by atoms with Gasteiger partial charge in [-0.25, -0.2) is 19.2 Å². The van der Waals surface area contributed by atoms with Crippen LogP contribution in [0.5, 0.6) is 0 Å². The SMILES string of the molecule is O=C(O)C(F)(F)C(F)(F)F.O=C(O)C(F)(F)C(F)(F)F.O=C(O)C(F)(F)C(F)(F)F.O=C(O)C(F)(F)C(F)(F)F.[LiH]. The zero-order chi connectivity index (χ0) is 34.3. The summed E-state index contributed by atoms with van der Waals surface area (Å²) in [7, 11) is 0. The molecule has 0 aliphatic carbocycles. The van der Waals surface area contributed by atoms with Crippen LogP contribution in [0.4, 0.5) is 87.8 Å². The van der Waals surface area contributed by atoms with E-state index < -0.39 is 72.3 Å². The van der Waals surface area contributed by atoms with E-state index in [-0.39, 0.29) is 18.9 Å². The van der Waals surface area contributed by atoms with Gasteiger partial charge in [0, 0.05) is 0 Å². The summed E-state index contributed by atoms with van der Waals surface area (Å²) in [6, 6.07) is 0. The number of carboxylic acids is 4. The van der Waals surface area contributed by atoms with Crippen LogP contribution in [0, 0.1) is 0 Å². The summed E-state index contributed by atoms with van der Waals surface area (Å²) >= 11 is 0. The molecule has 242 valence electrons. The molecular weight excluding hydrogens is 659 g/mol. The molecule has 29 heteroatoms. The van der Waals surface area contributed by atoms with Gasteiger partial charge < -0.3 is 20.4 Å². The number of rotatable bonds is 4. The second kappa shape index (κ2) is 14.8. The molecule has 0 aromatic carbocycles. The minimum atomic E-state index is -6.02. The number of halogens is 20. The van der Waals surface area contributed by atoms with Crippen LogP contribution >= 0.6 is 0 Å². The summed E-state index contributed by atoms with van der Waals surface area (Å²) in [5.41, 5.74) is 0. The van der Waals surface area contributed by atoms with Gasteiger partial charge in [-0.15, -0.1) is 0 Å². The third-order valence-electron chi connectivity index (χ3n) is 2.50. The number of aliphatic carboxylic acids is 4. The third kappa shape index (κ3) is 14.0. The number of carbonyl (C=O) groups is 4. The van der Waals surface area contributed by atoms with Crippen molar-refractivity contribution in [2.45, 2.75) is 48.4 Å². The Kier molecular flexibility index (Phi) is 17.3. The van der Waals surface area contributed by atoms with Crippen molar-refractivity contribution in [3.8, 4) is 0 Å². The Morgan fingerprint density at radius 1 is 0.293 bits per heavy atom. The van der Waals surface area contributed by atoms with E-state index in [4.69, 9.17) is 20.4 Å². The van der Waals surface area contributed by atoms with Gasteiger partial charge in [0.25, 0.3) is 0 Å². The van der Waals surface area contributed by atoms with Gasteiger partial charge >= 0.3 is 91.1 Å². The molecule has 0 radical (unpaired) electrons. The minimum absolute atomic E-state index is 0. The standard InChI is InChI=1S/4C3HF5O2.Li.H/c4*4-2(5,1(9)10)3(6,7)8;;/h4*(H,9,10);;. The first kappa shape index (κ1) is 47.8. The van der Waals surface area contributed by atoms with Gasteiger partial charge in [0.2, 0.25) is 0 Å². The molecule has 0 saturated heterocycles. The van der Waals surface area contributed by atoms with Gasteiger partial charge in [-0.05, 0) is 0 Å². The molecule has 41 heavy (non-hydrogen) atoms. The van der Waals surface area contributed by atoms with Gasteiger partial charge in [0.15, 0.2) is 0 Å². The van der Waals surface area contributed by atoms with Crippen molar-refractivity contribution in [1.82, 2.24) is 0 Å². The Labute approximate surface area is 219 Å². The Morgan fingerprint density at radius 2 is 0.366 bits per heavy atom. The summed E-state index contributed by atoms with van der Waals surface area (Å²) in [5, 5.41) is 29.2. The van der Waals surface area contributed by atoms with Crippen LogP contribution in [-0.4, -0.2) is 112 Å². The van der Waals surface area contributed by atoms with E-state index in [0.717, 1.165) is 0 Å². The third-order valence-corrected chi connectivity index (χ3v) is 2.50. The molecule has 0 aliphatic heterocycles. The normalized spacial score (nSPS) is 13.0. The molecule has 0 fully saturated rings. The summed E-state index contributed by atoms with van der Waals surface area (Å²) in [5.74, 6) is -35.4. The summed E-state index contributed by atoms with van der Waals surface area (Å²) in [6.45, 7) is 0. The molecule has 0 aromatic rings. The summed E-state index contributed by atoms with van der Waals surface area (Å²) in [6.07, 6.45) is -24.1. The average Bonchev–Trinajstić information content (AvgIpc) is 2.65. The van der Waals surface area contributed by atoms with Crippen LogP contribution in [0.1, 0.15) is 0 Å². The second-order valence-electron chi connectivity index (χ2n) is 5.51. The number of hydrogen-bond acceptors (Lipinski definition) is 4. The van der Waals surface area contributed by atoms with Gasteiger partial charge in [-0.3, -0.25) is 0 Å². The topological polar surface area (TPSA) is 149 Å². The monoisotopic (exact) mass is 664 g/mol. The van der Waals surface area contributed by atoms with Gasteiger partial charge in [0.05, 0.1) is 0 Å². The molecule has 0 heterocycles. The van der Waals surface area contributed by atoms with E-state index in [2.05, 4.69) is 0 Å². The van der Waals surface area contributed by atoms with Crippen LogP contribution < -0.4 is 0 Å². The molecule has 0 aliphatic rings. The van der Waals surface area contributed by atoms with Gasteiger partial charge in [0.1, 0.15) is 0 Å². The van der Waals surface area contributed by atoms with Crippen molar-refractivity contribution in [2.75, 3.05) is 0 Å². The molecule has 0 amide bonds. The number of carboxylic acid groups (broad SMARTS) is 4. The van der Waals surface area contributed by atoms with Crippen molar-refractivity contribution >= 4 is 42.7 Å². The Morgan fingerprint density at radius 3 is 0.366 bits per heavy atom. The molecule has 0 aromatic heterocycles. The molecule has 0 bridgehead atoms. The summed E-state index contributed by atoms with van der Waals surface area (Å²) < 4.78 is 222. The quantitative estimate of drug-likeness (QED) is 0.255. The molecule has 8 nitrogen and oxygen atoms in total. The molecular formula is C12H5F20LiO8. The Hall–Kier alpha value is -2.92. The first-order valence-corrected chi connectivity index (χ1v) is 7.49. The average molecular weight is 664 g/mol. The first-order valence-electron chi connectivity index (χ1n) is 7.49. The zero-order valence-corrected chi connectivity index (χ0v) is 17.0. The fourth-order valence-electron chi connectivity index (χ4n) is 0.485. The van der Waals surface area contributed by atoms with E-state index >= 15 is 0 Å². The van der Waals surface area contributed by atoms with Crippen molar-refractivity contribution < 1.29 is 127 Å². The molecule has 0 spiro atoms. The van der Waals surface area contributed by atoms with Crippen molar-refractivity contribution in [1.29, 1.82) is 0 Å². The second-order valence-corrected chi connectivity index (χ2v) is 5.51. The van der Waals surface area contributed by atoms with Crippen LogP contribution in [0.25, 0.3) is 0 Å². The maximum absolute atomic E-state index is 11.3. The van der Waals surface area contributed by atoms with E-state index in [0.29, 0.717) is 0 Å². The predicted molar refractivity (Wildman–Crippen MR) is 81.7 cm³/mol. The number of hydrogen-bond donors (Lipinski definition) is 4. The van der Waals surface area contributed by atoms with Gasteiger partial charge in [-0.2, -0.15) is 87.8 Å². The zero-order valence-electron chi connectivity index (χ0n) is 17.0.